The summed E-state index contributed by atoms with van der Waals surface area (Å²) in [6, 6.07) is 0. The maximum atomic E-state index is 10.3. The Kier molecular flexibility index (Phi) is 7.84. The Morgan fingerprint density at radius 1 is 1.31 bits per heavy atom. The van der Waals surface area contributed by atoms with E-state index in [-0.39, 0.29) is 40.6 Å². The van der Waals surface area contributed by atoms with Crippen molar-refractivity contribution in [2.45, 2.75) is 12.8 Å². The van der Waals surface area contributed by atoms with E-state index in [0.717, 1.165) is 0 Å². The molecule has 0 aliphatic carbocycles. The molecule has 0 saturated heterocycles. The van der Waals surface area contributed by atoms with Crippen LogP contribution in [0.4, 0.5) is 0 Å². The van der Waals surface area contributed by atoms with Crippen molar-refractivity contribution in [1.29, 1.82) is 0 Å². The Bertz CT molecular complexity index is 289. The Labute approximate surface area is 107 Å². The predicted molar refractivity (Wildman–Crippen MR) is 42.5 cm³/mol. The van der Waals surface area contributed by atoms with Crippen molar-refractivity contribution in [2.75, 3.05) is 0 Å². The van der Waals surface area contributed by atoms with Crippen molar-refractivity contribution in [3.63, 3.8) is 0 Å². The average molecular weight is 240 g/mol. The summed E-state index contributed by atoms with van der Waals surface area (Å²) in [5, 5.41) is 8.04. The van der Waals surface area contributed by atoms with E-state index in [2.05, 4.69) is 4.18 Å². The molecule has 0 bridgehead atoms. The van der Waals surface area contributed by atoms with Crippen molar-refractivity contribution in [3.8, 4) is 0 Å². The molecule has 2 N–H and O–H groups in total. The van der Waals surface area contributed by atoms with E-state index in [4.69, 9.17) is 9.66 Å². The molecule has 0 aromatic rings. The minimum Gasteiger partial charge on any atom is -1.00 e. The van der Waals surface area contributed by atoms with Gasteiger partial charge in [-0.15, -0.1) is 0 Å². The van der Waals surface area contributed by atoms with Crippen LogP contribution in [0.25, 0.3) is 0 Å². The van der Waals surface area contributed by atoms with Crippen LogP contribution in [0.2, 0.25) is 0 Å². The zero-order valence-corrected chi connectivity index (χ0v) is 9.49. The maximum absolute atomic E-state index is 10.3. The van der Waals surface area contributed by atoms with Gasteiger partial charge in [0.05, 0.1) is 12.8 Å². The van der Waals surface area contributed by atoms with Gasteiger partial charge in [0.2, 0.25) is 0 Å². The largest absolute Gasteiger partial charge is 2.00 e. The van der Waals surface area contributed by atoms with Gasteiger partial charge in [0.25, 0.3) is 0 Å². The zero-order chi connectivity index (χ0) is 9.78. The molecule has 0 aromatic heterocycles. The van der Waals surface area contributed by atoms with Gasteiger partial charge >= 0.3 is 60.1 Å². The van der Waals surface area contributed by atoms with E-state index in [0.29, 0.717) is 0 Å². The Balaban J connectivity index is -0.000000202. The summed E-state index contributed by atoms with van der Waals surface area (Å²) in [4.78, 5) is 20.2. The van der Waals surface area contributed by atoms with Gasteiger partial charge in [-0.1, -0.05) is 0 Å². The van der Waals surface area contributed by atoms with Crippen molar-refractivity contribution < 1.29 is 34.7 Å². The summed E-state index contributed by atoms with van der Waals surface area (Å²) in [5.74, 6) is -2.57. The molecule has 0 atom stereocenters. The smallest absolute Gasteiger partial charge is 1.00 e. The van der Waals surface area contributed by atoms with E-state index in [1.165, 1.54) is 0 Å². The average Bonchev–Trinajstić information content (AvgIpc) is 1.79. The fraction of sp³-hybridized carbons (Fsp3) is 0.500. The van der Waals surface area contributed by atoms with Gasteiger partial charge in [-0.05, 0) is 0 Å². The summed E-state index contributed by atoms with van der Waals surface area (Å²) < 4.78 is 31.1. The fourth-order valence-electron chi connectivity index (χ4n) is 0.368. The molecule has 0 aromatic carbocycles. The van der Waals surface area contributed by atoms with Crippen LogP contribution >= 0.6 is 0 Å². The predicted octanol–water partition coefficient (Wildman–Crippen LogP) is -0.959. The van der Waals surface area contributed by atoms with E-state index >= 15 is 0 Å². The summed E-state index contributed by atoms with van der Waals surface area (Å²) >= 11 is 0. The standard InChI is InChI=1S/C4H6O7S.Ca.2H/c5-3(6)1-2-4(7)11-12(8,9)10;;;/h1-2H2,(H,5,6)(H,8,9,10);;;/q;+2;2*-1. The third-order valence-corrected chi connectivity index (χ3v) is 1.14. The number of hydrogen-bond acceptors (Lipinski definition) is 5. The fourth-order valence-corrected chi connectivity index (χ4v) is 0.686. The molecular weight excluding hydrogens is 232 g/mol. The number of hydrogen-bond donors (Lipinski definition) is 2. The van der Waals surface area contributed by atoms with Crippen LogP contribution in [0.5, 0.6) is 0 Å². The molecule has 0 heterocycles. The van der Waals surface area contributed by atoms with Gasteiger partial charge in [-0.25, -0.2) is 0 Å². The Morgan fingerprint density at radius 3 is 2.08 bits per heavy atom. The first kappa shape index (κ1) is 15.6. The summed E-state index contributed by atoms with van der Waals surface area (Å²) in [7, 11) is -4.81. The third-order valence-electron chi connectivity index (χ3n) is 0.741. The minimum atomic E-state index is -4.81. The normalized spacial score (nSPS) is 9.92. The van der Waals surface area contributed by atoms with Gasteiger partial charge in [0.15, 0.2) is 0 Å². The molecule has 0 radical (unpaired) electrons. The van der Waals surface area contributed by atoms with Crippen LogP contribution in [0, 0.1) is 0 Å². The topological polar surface area (TPSA) is 118 Å². The van der Waals surface area contributed by atoms with Gasteiger partial charge in [-0.3, -0.25) is 14.1 Å². The first-order chi connectivity index (χ1) is 5.31. The van der Waals surface area contributed by atoms with Gasteiger partial charge in [-0.2, -0.15) is 8.42 Å². The number of carbonyl (C=O) groups is 2. The van der Waals surface area contributed by atoms with E-state index < -0.39 is 35.2 Å². The molecule has 0 aliphatic heterocycles. The van der Waals surface area contributed by atoms with Gasteiger partial charge in [0.1, 0.15) is 0 Å². The van der Waals surface area contributed by atoms with Crippen LogP contribution < -0.4 is 0 Å². The van der Waals surface area contributed by atoms with Crippen molar-refractivity contribution in [2.24, 2.45) is 0 Å². The first-order valence-corrected chi connectivity index (χ1v) is 4.09. The molecule has 13 heavy (non-hydrogen) atoms. The monoisotopic (exact) mass is 240 g/mol. The SMILES string of the molecule is O=C(O)CCC(=O)OS(=O)(=O)O.[Ca+2].[H-].[H-]. The second-order valence-electron chi connectivity index (χ2n) is 1.78. The number of carboxylic acid groups (broad SMARTS) is 1. The number of rotatable bonds is 4. The Hall–Kier alpha value is 0.110. The molecule has 0 amide bonds. The zero-order valence-electron chi connectivity index (χ0n) is 8.47. The molecule has 0 unspecified atom stereocenters. The molecule has 0 saturated carbocycles. The number of carbonyl (C=O) groups excluding carboxylic acids is 1. The number of carboxylic acids is 1. The molecule has 0 aliphatic rings. The van der Waals surface area contributed by atoms with Crippen LogP contribution in [-0.2, 0) is 24.2 Å². The summed E-state index contributed by atoms with van der Waals surface area (Å²) in [5.41, 5.74) is 0. The van der Waals surface area contributed by atoms with E-state index in [1.54, 1.807) is 0 Å². The molecular formula is C4H8CaO7S. The second-order valence-corrected chi connectivity index (χ2v) is 2.80. The quantitative estimate of drug-likeness (QED) is 0.480. The van der Waals surface area contributed by atoms with Crippen molar-refractivity contribution in [3.05, 3.63) is 0 Å². The van der Waals surface area contributed by atoms with Crippen LogP contribution in [0.1, 0.15) is 15.7 Å². The maximum Gasteiger partial charge on any atom is 2.00 e. The van der Waals surface area contributed by atoms with Gasteiger partial charge < -0.3 is 12.1 Å². The van der Waals surface area contributed by atoms with E-state index in [9.17, 15) is 18.0 Å². The third kappa shape index (κ3) is 12.1. The van der Waals surface area contributed by atoms with Gasteiger partial charge in [0, 0.05) is 0 Å². The van der Waals surface area contributed by atoms with Crippen molar-refractivity contribution in [1.82, 2.24) is 0 Å². The molecule has 0 rings (SSSR count). The minimum absolute atomic E-state index is 0. The van der Waals surface area contributed by atoms with Crippen LogP contribution in [0.15, 0.2) is 0 Å². The summed E-state index contributed by atoms with van der Waals surface area (Å²) in [6.45, 7) is 0. The Morgan fingerprint density at radius 2 is 1.77 bits per heavy atom. The van der Waals surface area contributed by atoms with Crippen molar-refractivity contribution >= 4 is 60.1 Å². The molecule has 9 heteroatoms. The first-order valence-electron chi connectivity index (χ1n) is 2.73. The van der Waals surface area contributed by atoms with Crippen LogP contribution in [0.3, 0.4) is 0 Å². The number of aliphatic carboxylic acids is 1. The second kappa shape index (κ2) is 6.55. The van der Waals surface area contributed by atoms with E-state index in [1.807, 2.05) is 0 Å². The molecule has 74 valence electrons. The van der Waals surface area contributed by atoms with Crippen LogP contribution in [-0.4, -0.2) is 67.8 Å². The molecule has 7 nitrogen and oxygen atoms in total. The summed E-state index contributed by atoms with van der Waals surface area (Å²) in [6.07, 6.45) is -1.15. The molecule has 0 fully saturated rings. The molecule has 0 spiro atoms.